The molecule has 1 amide bonds. The molecule has 2 aliphatic rings. The first-order chi connectivity index (χ1) is 8.24. The van der Waals surface area contributed by atoms with Gasteiger partial charge in [0.05, 0.1) is 0 Å². The van der Waals surface area contributed by atoms with E-state index in [2.05, 4.69) is 14.7 Å². The second-order valence-corrected chi connectivity index (χ2v) is 5.28. The van der Waals surface area contributed by atoms with Crippen molar-refractivity contribution in [2.75, 3.05) is 13.6 Å². The molecule has 92 valence electrons. The maximum Gasteiger partial charge on any atom is 0.225 e. The predicted octanol–water partition coefficient (Wildman–Crippen LogP) is 1.12. The normalized spacial score (nSPS) is 30.1. The molecule has 5 heteroatoms. The van der Waals surface area contributed by atoms with E-state index in [-0.39, 0.29) is 5.92 Å². The molecule has 0 bridgehead atoms. The molecule has 5 nitrogen and oxygen atoms in total. The third-order valence-corrected chi connectivity index (χ3v) is 4.05. The minimum absolute atomic E-state index is 0.272. The zero-order valence-corrected chi connectivity index (χ0v) is 10.0. The molecule has 0 spiro atoms. The lowest BCUT2D eigenvalue weighted by molar-refractivity contribution is -0.134. The van der Waals surface area contributed by atoms with Crippen LogP contribution in [0.3, 0.4) is 0 Å². The van der Waals surface area contributed by atoms with Crippen LogP contribution < -0.4 is 0 Å². The van der Waals surface area contributed by atoms with Gasteiger partial charge in [-0.1, -0.05) is 5.16 Å². The summed E-state index contributed by atoms with van der Waals surface area (Å²) in [5, 5.41) is 3.74. The second kappa shape index (κ2) is 4.13. The molecule has 0 N–H and O–H groups in total. The van der Waals surface area contributed by atoms with E-state index in [1.54, 1.807) is 0 Å². The summed E-state index contributed by atoms with van der Waals surface area (Å²) in [6.07, 6.45) is 5.56. The summed E-state index contributed by atoms with van der Waals surface area (Å²) < 4.78 is 4.66. The van der Waals surface area contributed by atoms with E-state index in [0.29, 0.717) is 24.7 Å². The Hall–Kier alpha value is -1.39. The van der Waals surface area contributed by atoms with Crippen molar-refractivity contribution in [1.29, 1.82) is 0 Å². The second-order valence-electron chi connectivity index (χ2n) is 5.28. The van der Waals surface area contributed by atoms with E-state index in [9.17, 15) is 4.79 Å². The lowest BCUT2D eigenvalue weighted by atomic mass is 10.0. The molecule has 17 heavy (non-hydrogen) atoms. The van der Waals surface area contributed by atoms with E-state index >= 15 is 0 Å². The summed E-state index contributed by atoms with van der Waals surface area (Å²) in [6, 6.07) is 0. The molecule has 1 heterocycles. The molecule has 2 atom stereocenters. The number of amides is 1. The van der Waals surface area contributed by atoms with Crippen LogP contribution in [0, 0.1) is 17.8 Å². The molecule has 1 aromatic heterocycles. The smallest absolute Gasteiger partial charge is 0.225 e. The summed E-state index contributed by atoms with van der Waals surface area (Å²) in [4.78, 5) is 17.9. The maximum atomic E-state index is 12.1. The fourth-order valence-corrected chi connectivity index (χ4v) is 2.91. The Morgan fingerprint density at radius 2 is 2.24 bits per heavy atom. The standard InChI is InChI=1S/C12H17N3O2/c1-15(3-2-11-13-7-17-14-11)12(16)10-5-8-4-9(8)6-10/h7-10H,2-6H2,1H3. The molecule has 2 aliphatic carbocycles. The Bertz CT molecular complexity index is 394. The molecule has 0 aromatic carbocycles. The van der Waals surface area contributed by atoms with Crippen LogP contribution in [-0.2, 0) is 11.2 Å². The number of hydrogen-bond donors (Lipinski definition) is 0. The maximum absolute atomic E-state index is 12.1. The van der Waals surface area contributed by atoms with Gasteiger partial charge in [0, 0.05) is 25.9 Å². The molecule has 3 rings (SSSR count). The van der Waals surface area contributed by atoms with Crippen LogP contribution in [0.15, 0.2) is 10.9 Å². The highest BCUT2D eigenvalue weighted by Crippen LogP contribution is 2.54. The third-order valence-electron chi connectivity index (χ3n) is 4.05. The molecule has 1 aromatic rings. The van der Waals surface area contributed by atoms with Crippen LogP contribution in [-0.4, -0.2) is 34.5 Å². The monoisotopic (exact) mass is 235 g/mol. The molecule has 0 radical (unpaired) electrons. The fraction of sp³-hybridized carbons (Fsp3) is 0.750. The zero-order valence-electron chi connectivity index (χ0n) is 10.0. The lowest BCUT2D eigenvalue weighted by Gasteiger charge is -2.21. The first kappa shape index (κ1) is 10.7. The summed E-state index contributed by atoms with van der Waals surface area (Å²) >= 11 is 0. The minimum atomic E-state index is 0.272. The van der Waals surface area contributed by atoms with E-state index in [0.717, 1.165) is 24.7 Å². The van der Waals surface area contributed by atoms with Gasteiger partial charge in [0.2, 0.25) is 12.3 Å². The highest BCUT2D eigenvalue weighted by Gasteiger charge is 2.48. The van der Waals surface area contributed by atoms with Crippen molar-refractivity contribution in [2.45, 2.75) is 25.7 Å². The number of likely N-dealkylation sites (N-methyl/N-ethyl adjacent to an activating group) is 1. The first-order valence-electron chi connectivity index (χ1n) is 6.24. The Balaban J connectivity index is 1.48. The van der Waals surface area contributed by atoms with Crippen molar-refractivity contribution >= 4 is 5.91 Å². The van der Waals surface area contributed by atoms with Crippen LogP contribution in [0.2, 0.25) is 0 Å². The predicted molar refractivity (Wildman–Crippen MR) is 60.0 cm³/mol. The number of nitrogens with zero attached hydrogens (tertiary/aromatic N) is 3. The van der Waals surface area contributed by atoms with Crippen LogP contribution in [0.5, 0.6) is 0 Å². The highest BCUT2D eigenvalue weighted by molar-refractivity contribution is 5.79. The summed E-state index contributed by atoms with van der Waals surface area (Å²) in [5.74, 6) is 2.94. The van der Waals surface area contributed by atoms with E-state index in [1.807, 2.05) is 11.9 Å². The average Bonchev–Trinajstić information content (AvgIpc) is 2.81. The average molecular weight is 235 g/mol. The SMILES string of the molecule is CN(CCc1ncon1)C(=O)C1CC2CC2C1. The van der Waals surface area contributed by atoms with Crippen LogP contribution >= 0.6 is 0 Å². The number of carbonyl (C=O) groups excluding carboxylic acids is 1. The van der Waals surface area contributed by atoms with Gasteiger partial charge in [-0.2, -0.15) is 4.98 Å². The Labute approximate surface area is 100 Å². The molecular weight excluding hydrogens is 218 g/mol. The zero-order chi connectivity index (χ0) is 11.8. The van der Waals surface area contributed by atoms with E-state index in [1.165, 1.54) is 12.8 Å². The van der Waals surface area contributed by atoms with Gasteiger partial charge < -0.3 is 9.42 Å². The molecule has 0 aliphatic heterocycles. The van der Waals surface area contributed by atoms with Gasteiger partial charge in [0.15, 0.2) is 5.82 Å². The largest absolute Gasteiger partial charge is 0.345 e. The number of rotatable bonds is 4. The third kappa shape index (κ3) is 2.18. The minimum Gasteiger partial charge on any atom is -0.345 e. The van der Waals surface area contributed by atoms with E-state index in [4.69, 9.17) is 0 Å². The van der Waals surface area contributed by atoms with Crippen molar-refractivity contribution < 1.29 is 9.32 Å². The van der Waals surface area contributed by atoms with Gasteiger partial charge in [-0.3, -0.25) is 4.79 Å². The number of aromatic nitrogens is 2. The molecule has 2 unspecified atom stereocenters. The molecule has 0 saturated heterocycles. The number of fused-ring (bicyclic) bond motifs is 1. The van der Waals surface area contributed by atoms with Gasteiger partial charge in [-0.25, -0.2) is 0 Å². The van der Waals surface area contributed by atoms with Crippen molar-refractivity contribution in [1.82, 2.24) is 15.0 Å². The summed E-state index contributed by atoms with van der Waals surface area (Å²) in [7, 11) is 1.87. The molecular formula is C12H17N3O2. The Morgan fingerprint density at radius 1 is 1.47 bits per heavy atom. The van der Waals surface area contributed by atoms with Gasteiger partial charge in [0.1, 0.15) is 0 Å². The quantitative estimate of drug-likeness (QED) is 0.784. The topological polar surface area (TPSA) is 59.2 Å². The number of carbonyl (C=O) groups is 1. The lowest BCUT2D eigenvalue weighted by Crippen LogP contribution is -2.34. The van der Waals surface area contributed by atoms with Crippen molar-refractivity contribution in [2.24, 2.45) is 17.8 Å². The van der Waals surface area contributed by atoms with Crippen LogP contribution in [0.1, 0.15) is 25.1 Å². The Kier molecular flexibility index (Phi) is 2.61. The van der Waals surface area contributed by atoms with Crippen molar-refractivity contribution in [3.8, 4) is 0 Å². The summed E-state index contributed by atoms with van der Waals surface area (Å²) in [6.45, 7) is 0.671. The molecule has 2 fully saturated rings. The fourth-order valence-electron chi connectivity index (χ4n) is 2.91. The Morgan fingerprint density at radius 3 is 2.88 bits per heavy atom. The van der Waals surface area contributed by atoms with Gasteiger partial charge in [-0.15, -0.1) is 0 Å². The van der Waals surface area contributed by atoms with Crippen LogP contribution in [0.4, 0.5) is 0 Å². The van der Waals surface area contributed by atoms with Gasteiger partial charge >= 0.3 is 0 Å². The molecule has 2 saturated carbocycles. The van der Waals surface area contributed by atoms with Gasteiger partial charge in [-0.05, 0) is 31.1 Å². The number of hydrogen-bond acceptors (Lipinski definition) is 4. The first-order valence-corrected chi connectivity index (χ1v) is 6.24. The van der Waals surface area contributed by atoms with Crippen molar-refractivity contribution in [3.63, 3.8) is 0 Å². The summed E-state index contributed by atoms with van der Waals surface area (Å²) in [5.41, 5.74) is 0. The highest BCUT2D eigenvalue weighted by atomic mass is 16.5. The van der Waals surface area contributed by atoms with Gasteiger partial charge in [0.25, 0.3) is 0 Å². The van der Waals surface area contributed by atoms with Crippen molar-refractivity contribution in [3.05, 3.63) is 12.2 Å². The van der Waals surface area contributed by atoms with E-state index < -0.39 is 0 Å². The van der Waals surface area contributed by atoms with Crippen LogP contribution in [0.25, 0.3) is 0 Å².